The lowest BCUT2D eigenvalue weighted by Gasteiger charge is -2.50. The molecule has 0 bridgehead atoms. The Bertz CT molecular complexity index is 135. The van der Waals surface area contributed by atoms with Crippen molar-refractivity contribution in [1.29, 1.82) is 0 Å². The van der Waals surface area contributed by atoms with Gasteiger partial charge in [0.2, 0.25) is 0 Å². The first-order valence-electron chi connectivity index (χ1n) is 4.30. The standard InChI is InChI=1S/C8H16N2.2ClH/c9-7-1-2-8(7)3-5-10-6-4-8;;/h7,10H,1-6,9H2;2*1H. The predicted octanol–water partition coefficient (Wildman–Crippen LogP) is 1.32. The lowest BCUT2D eigenvalue weighted by molar-refractivity contribution is 0.0536. The summed E-state index contributed by atoms with van der Waals surface area (Å²) in [6.45, 7) is 2.38. The molecule has 0 aromatic carbocycles. The summed E-state index contributed by atoms with van der Waals surface area (Å²) >= 11 is 0. The average Bonchev–Trinajstić information content (AvgIpc) is 2.04. The molecule has 3 N–H and O–H groups in total. The van der Waals surface area contributed by atoms with Gasteiger partial charge in [-0.15, -0.1) is 24.8 Å². The zero-order chi connectivity index (χ0) is 7.03. The van der Waals surface area contributed by atoms with E-state index in [1.807, 2.05) is 0 Å². The molecule has 74 valence electrons. The fraction of sp³-hybridized carbons (Fsp3) is 1.00. The van der Waals surface area contributed by atoms with Crippen LogP contribution < -0.4 is 11.1 Å². The number of hydrogen-bond donors (Lipinski definition) is 2. The van der Waals surface area contributed by atoms with Crippen molar-refractivity contribution in [3.63, 3.8) is 0 Å². The van der Waals surface area contributed by atoms with Gasteiger partial charge in [-0.2, -0.15) is 0 Å². The third kappa shape index (κ3) is 1.87. The zero-order valence-corrected chi connectivity index (χ0v) is 8.85. The van der Waals surface area contributed by atoms with E-state index in [1.165, 1.54) is 38.8 Å². The molecule has 2 nitrogen and oxygen atoms in total. The summed E-state index contributed by atoms with van der Waals surface area (Å²) in [5.74, 6) is 0. The van der Waals surface area contributed by atoms with Gasteiger partial charge in [0.15, 0.2) is 0 Å². The van der Waals surface area contributed by atoms with Gasteiger partial charge in [-0.3, -0.25) is 0 Å². The summed E-state index contributed by atoms with van der Waals surface area (Å²) < 4.78 is 0. The molecule has 0 amide bonds. The second-order valence-electron chi connectivity index (χ2n) is 3.76. The smallest absolute Gasteiger partial charge is 0.00967 e. The summed E-state index contributed by atoms with van der Waals surface area (Å²) in [5, 5.41) is 3.37. The highest BCUT2D eigenvalue weighted by atomic mass is 35.5. The van der Waals surface area contributed by atoms with Gasteiger partial charge in [-0.05, 0) is 44.2 Å². The first-order chi connectivity index (χ1) is 4.83. The molecule has 0 aromatic rings. The first-order valence-corrected chi connectivity index (χ1v) is 4.30. The summed E-state index contributed by atoms with van der Waals surface area (Å²) in [4.78, 5) is 0. The highest BCUT2D eigenvalue weighted by molar-refractivity contribution is 5.85. The molecule has 4 heteroatoms. The number of rotatable bonds is 0. The van der Waals surface area contributed by atoms with E-state index in [2.05, 4.69) is 5.32 Å². The summed E-state index contributed by atoms with van der Waals surface area (Å²) in [7, 11) is 0. The average molecular weight is 213 g/mol. The Balaban J connectivity index is 0.000000605. The second kappa shape index (κ2) is 4.66. The molecule has 1 spiro atoms. The van der Waals surface area contributed by atoms with Crippen LogP contribution in [0.25, 0.3) is 0 Å². The monoisotopic (exact) mass is 212 g/mol. The van der Waals surface area contributed by atoms with E-state index in [-0.39, 0.29) is 24.8 Å². The van der Waals surface area contributed by atoms with Gasteiger partial charge >= 0.3 is 0 Å². The minimum atomic E-state index is 0. The maximum absolute atomic E-state index is 5.96. The van der Waals surface area contributed by atoms with E-state index in [9.17, 15) is 0 Å². The SMILES string of the molecule is Cl.Cl.NC1CCC12CCNCC2. The Morgan fingerprint density at radius 2 is 1.67 bits per heavy atom. The molecule has 1 unspecified atom stereocenters. The van der Waals surface area contributed by atoms with Crippen LogP contribution in [0.4, 0.5) is 0 Å². The topological polar surface area (TPSA) is 38.0 Å². The molecule has 12 heavy (non-hydrogen) atoms. The molecule has 1 aliphatic carbocycles. The normalized spacial score (nSPS) is 31.2. The molecule has 0 aromatic heterocycles. The van der Waals surface area contributed by atoms with Crippen molar-refractivity contribution < 1.29 is 0 Å². The fourth-order valence-electron chi connectivity index (χ4n) is 2.26. The highest BCUT2D eigenvalue weighted by Gasteiger charge is 2.44. The van der Waals surface area contributed by atoms with E-state index >= 15 is 0 Å². The number of nitrogens with two attached hydrogens (primary N) is 1. The molecule has 2 aliphatic rings. The predicted molar refractivity (Wildman–Crippen MR) is 56.2 cm³/mol. The van der Waals surface area contributed by atoms with Crippen molar-refractivity contribution >= 4 is 24.8 Å². The van der Waals surface area contributed by atoms with Gasteiger partial charge in [0, 0.05) is 6.04 Å². The van der Waals surface area contributed by atoms with Crippen LogP contribution in [0.1, 0.15) is 25.7 Å². The molecule has 2 fully saturated rings. The molecule has 1 saturated heterocycles. The first kappa shape index (κ1) is 12.5. The van der Waals surface area contributed by atoms with Crippen LogP contribution in [0.5, 0.6) is 0 Å². The van der Waals surface area contributed by atoms with Gasteiger partial charge in [0.1, 0.15) is 0 Å². The van der Waals surface area contributed by atoms with Crippen LogP contribution >= 0.6 is 24.8 Å². The molecule has 0 radical (unpaired) electrons. The third-order valence-corrected chi connectivity index (χ3v) is 3.34. The zero-order valence-electron chi connectivity index (χ0n) is 7.21. The van der Waals surface area contributed by atoms with Crippen molar-refractivity contribution in [3.05, 3.63) is 0 Å². The third-order valence-electron chi connectivity index (χ3n) is 3.34. The maximum atomic E-state index is 5.96. The number of hydrogen-bond acceptors (Lipinski definition) is 2. The van der Waals surface area contributed by atoms with Crippen molar-refractivity contribution in [1.82, 2.24) is 5.32 Å². The van der Waals surface area contributed by atoms with Crippen LogP contribution in [0.2, 0.25) is 0 Å². The fourth-order valence-corrected chi connectivity index (χ4v) is 2.26. The van der Waals surface area contributed by atoms with Crippen LogP contribution in [-0.2, 0) is 0 Å². The summed E-state index contributed by atoms with van der Waals surface area (Å²) in [5.41, 5.74) is 6.54. The van der Waals surface area contributed by atoms with Crippen LogP contribution in [0.15, 0.2) is 0 Å². The van der Waals surface area contributed by atoms with Gasteiger partial charge in [0.25, 0.3) is 0 Å². The van der Waals surface area contributed by atoms with Crippen LogP contribution in [0, 0.1) is 5.41 Å². The Morgan fingerprint density at radius 3 is 1.92 bits per heavy atom. The van der Waals surface area contributed by atoms with Crippen molar-refractivity contribution in [2.75, 3.05) is 13.1 Å². The minimum Gasteiger partial charge on any atom is -0.327 e. The minimum absolute atomic E-state index is 0. The Morgan fingerprint density at radius 1 is 1.08 bits per heavy atom. The van der Waals surface area contributed by atoms with Crippen molar-refractivity contribution in [2.24, 2.45) is 11.1 Å². The lowest BCUT2D eigenvalue weighted by atomic mass is 9.60. The van der Waals surface area contributed by atoms with Gasteiger partial charge in [-0.1, -0.05) is 0 Å². The molecule has 1 saturated carbocycles. The summed E-state index contributed by atoms with van der Waals surface area (Å²) in [6.07, 6.45) is 5.28. The van der Waals surface area contributed by atoms with E-state index in [0.717, 1.165) is 0 Å². The Kier molecular flexibility index (Phi) is 4.85. The quantitative estimate of drug-likeness (QED) is 0.636. The van der Waals surface area contributed by atoms with E-state index in [0.29, 0.717) is 11.5 Å². The molecule has 1 atom stereocenters. The Labute approximate surface area is 86.5 Å². The van der Waals surface area contributed by atoms with Crippen molar-refractivity contribution in [2.45, 2.75) is 31.7 Å². The van der Waals surface area contributed by atoms with E-state index < -0.39 is 0 Å². The number of halogens is 2. The van der Waals surface area contributed by atoms with E-state index in [4.69, 9.17) is 5.73 Å². The Hall–Kier alpha value is 0.500. The largest absolute Gasteiger partial charge is 0.327 e. The molecule has 2 rings (SSSR count). The van der Waals surface area contributed by atoms with Crippen LogP contribution in [-0.4, -0.2) is 19.1 Å². The number of nitrogens with one attached hydrogen (secondary N) is 1. The number of piperidine rings is 1. The lowest BCUT2D eigenvalue weighted by Crippen LogP contribution is -2.55. The maximum Gasteiger partial charge on any atom is 0.00967 e. The molecular weight excluding hydrogens is 195 g/mol. The second-order valence-corrected chi connectivity index (χ2v) is 3.76. The van der Waals surface area contributed by atoms with Crippen molar-refractivity contribution in [3.8, 4) is 0 Å². The van der Waals surface area contributed by atoms with Gasteiger partial charge < -0.3 is 11.1 Å². The molecule has 1 heterocycles. The van der Waals surface area contributed by atoms with Gasteiger partial charge in [-0.25, -0.2) is 0 Å². The molecule has 1 aliphatic heterocycles. The van der Waals surface area contributed by atoms with Crippen LogP contribution in [0.3, 0.4) is 0 Å². The highest BCUT2D eigenvalue weighted by Crippen LogP contribution is 2.46. The summed E-state index contributed by atoms with van der Waals surface area (Å²) in [6, 6.07) is 0.523. The van der Waals surface area contributed by atoms with E-state index in [1.54, 1.807) is 0 Å². The molecular formula is C8H18Cl2N2. The van der Waals surface area contributed by atoms with Gasteiger partial charge in [0.05, 0.1) is 0 Å².